The molecular weight excluding hydrogens is 320 g/mol. The van der Waals surface area contributed by atoms with Gasteiger partial charge in [-0.2, -0.15) is 0 Å². The van der Waals surface area contributed by atoms with Crippen molar-refractivity contribution >= 4 is 29.2 Å². The highest BCUT2D eigenvalue weighted by Gasteiger charge is 2.20. The van der Waals surface area contributed by atoms with E-state index in [1.54, 1.807) is 24.3 Å². The molecule has 23 heavy (non-hydrogen) atoms. The zero-order chi connectivity index (χ0) is 16.8. The van der Waals surface area contributed by atoms with Crippen LogP contribution in [0.5, 0.6) is 5.75 Å². The molecule has 2 aromatic rings. The fraction of sp³-hybridized carbons (Fsp3) is 0.188. The van der Waals surface area contributed by atoms with Crippen LogP contribution in [-0.4, -0.2) is 30.1 Å². The van der Waals surface area contributed by atoms with Gasteiger partial charge in [0.25, 0.3) is 5.91 Å². The van der Waals surface area contributed by atoms with Crippen LogP contribution in [0.1, 0.15) is 17.4 Å². The Morgan fingerprint density at radius 2 is 2.00 bits per heavy atom. The van der Waals surface area contributed by atoms with Gasteiger partial charge in [0.05, 0.1) is 12.8 Å². The third kappa shape index (κ3) is 4.43. The zero-order valence-corrected chi connectivity index (χ0v) is 13.3. The number of rotatable bonds is 5. The first-order valence-electron chi connectivity index (χ1n) is 6.77. The number of amides is 1. The summed E-state index contributed by atoms with van der Waals surface area (Å²) in [6.45, 7) is 1.47. The molecule has 0 fully saturated rings. The number of halogens is 1. The Morgan fingerprint density at radius 3 is 2.70 bits per heavy atom. The van der Waals surface area contributed by atoms with Crippen molar-refractivity contribution in [2.24, 2.45) is 0 Å². The number of anilines is 1. The van der Waals surface area contributed by atoms with Crippen LogP contribution >= 0.6 is 11.6 Å². The van der Waals surface area contributed by atoms with E-state index in [1.165, 1.54) is 32.4 Å². The summed E-state index contributed by atoms with van der Waals surface area (Å²) in [5, 5.41) is 3.00. The Labute approximate surface area is 138 Å². The van der Waals surface area contributed by atoms with Gasteiger partial charge in [-0.3, -0.25) is 4.79 Å². The topological polar surface area (TPSA) is 77.5 Å². The molecule has 0 aliphatic carbocycles. The zero-order valence-electron chi connectivity index (χ0n) is 12.6. The van der Waals surface area contributed by atoms with E-state index in [0.717, 1.165) is 0 Å². The molecule has 1 aromatic carbocycles. The van der Waals surface area contributed by atoms with Crippen molar-refractivity contribution in [1.82, 2.24) is 4.98 Å². The van der Waals surface area contributed by atoms with Crippen LogP contribution in [0.2, 0.25) is 5.02 Å². The predicted molar refractivity (Wildman–Crippen MR) is 85.7 cm³/mol. The molecule has 0 aliphatic heterocycles. The summed E-state index contributed by atoms with van der Waals surface area (Å²) in [6.07, 6.45) is 0.381. The third-order valence-electron chi connectivity index (χ3n) is 2.95. The number of nitrogens with one attached hydrogen (secondary N) is 1. The molecule has 0 saturated carbocycles. The fourth-order valence-electron chi connectivity index (χ4n) is 1.77. The largest absolute Gasteiger partial charge is 0.495 e. The maximum absolute atomic E-state index is 12.1. The van der Waals surface area contributed by atoms with Gasteiger partial charge in [0.15, 0.2) is 6.10 Å². The van der Waals surface area contributed by atoms with Crippen LogP contribution in [0, 0.1) is 0 Å². The van der Waals surface area contributed by atoms with Crippen molar-refractivity contribution in [2.45, 2.75) is 13.0 Å². The second kappa shape index (κ2) is 7.60. The number of carbonyl (C=O) groups excluding carboxylic acids is 2. The number of methoxy groups -OCH3 is 1. The van der Waals surface area contributed by atoms with E-state index in [2.05, 4.69) is 10.3 Å². The monoisotopic (exact) mass is 334 g/mol. The summed E-state index contributed by atoms with van der Waals surface area (Å²) < 4.78 is 10.2. The number of pyridine rings is 1. The molecule has 1 atom stereocenters. The van der Waals surface area contributed by atoms with Gasteiger partial charge in [-0.05, 0) is 31.2 Å². The average Bonchev–Trinajstić information content (AvgIpc) is 2.55. The molecule has 0 spiro atoms. The van der Waals surface area contributed by atoms with Gasteiger partial charge in [0.1, 0.15) is 11.4 Å². The number of para-hydroxylation sites is 2. The minimum Gasteiger partial charge on any atom is -0.495 e. The lowest BCUT2D eigenvalue weighted by Crippen LogP contribution is -2.30. The van der Waals surface area contributed by atoms with Crippen molar-refractivity contribution in [2.75, 3.05) is 12.4 Å². The molecule has 0 unspecified atom stereocenters. The van der Waals surface area contributed by atoms with E-state index in [1.807, 2.05) is 0 Å². The van der Waals surface area contributed by atoms with Crippen LogP contribution in [0.15, 0.2) is 42.6 Å². The number of ether oxygens (including phenoxy) is 2. The van der Waals surface area contributed by atoms with Gasteiger partial charge < -0.3 is 14.8 Å². The first-order chi connectivity index (χ1) is 11.0. The molecule has 1 N–H and O–H groups in total. The highest BCUT2D eigenvalue weighted by Crippen LogP contribution is 2.23. The first-order valence-corrected chi connectivity index (χ1v) is 7.15. The van der Waals surface area contributed by atoms with E-state index in [4.69, 9.17) is 21.1 Å². The molecule has 1 heterocycles. The highest BCUT2D eigenvalue weighted by molar-refractivity contribution is 6.30. The van der Waals surface area contributed by atoms with Crippen LogP contribution < -0.4 is 10.1 Å². The molecule has 1 amide bonds. The maximum Gasteiger partial charge on any atom is 0.357 e. The van der Waals surface area contributed by atoms with Gasteiger partial charge in [-0.1, -0.05) is 23.7 Å². The molecular formula is C16H15ClN2O4. The lowest BCUT2D eigenvalue weighted by molar-refractivity contribution is -0.123. The number of esters is 1. The summed E-state index contributed by atoms with van der Waals surface area (Å²) >= 11 is 5.79. The molecule has 0 aliphatic rings. The Morgan fingerprint density at radius 1 is 1.26 bits per heavy atom. The lowest BCUT2D eigenvalue weighted by Gasteiger charge is -2.14. The minimum atomic E-state index is -1.01. The Balaban J connectivity index is 2.01. The van der Waals surface area contributed by atoms with Crippen LogP contribution in [0.3, 0.4) is 0 Å². The third-order valence-corrected chi connectivity index (χ3v) is 3.18. The number of benzene rings is 1. The number of aromatic nitrogens is 1. The summed E-state index contributed by atoms with van der Waals surface area (Å²) in [7, 11) is 1.50. The average molecular weight is 335 g/mol. The number of hydrogen-bond acceptors (Lipinski definition) is 5. The number of carbonyl (C=O) groups is 2. The van der Waals surface area contributed by atoms with Gasteiger partial charge in [0, 0.05) is 11.2 Å². The van der Waals surface area contributed by atoms with E-state index in [-0.39, 0.29) is 5.69 Å². The Kier molecular flexibility index (Phi) is 5.54. The van der Waals surface area contributed by atoms with Crippen molar-refractivity contribution in [3.05, 3.63) is 53.3 Å². The quantitative estimate of drug-likeness (QED) is 0.851. The first kappa shape index (κ1) is 16.8. The van der Waals surface area contributed by atoms with Crippen molar-refractivity contribution in [3.63, 3.8) is 0 Å². The smallest absolute Gasteiger partial charge is 0.357 e. The standard InChI is InChI=1S/C16H15ClN2O4/c1-10(23-16(21)13-9-11(17)7-8-18-13)15(20)19-12-5-3-4-6-14(12)22-2/h3-10H,1-2H3,(H,19,20)/t10-/m1/s1. The summed E-state index contributed by atoms with van der Waals surface area (Å²) in [4.78, 5) is 27.9. The summed E-state index contributed by atoms with van der Waals surface area (Å²) in [6, 6.07) is 9.84. The van der Waals surface area contributed by atoms with Gasteiger partial charge in [-0.15, -0.1) is 0 Å². The SMILES string of the molecule is COc1ccccc1NC(=O)[C@@H](C)OC(=O)c1cc(Cl)ccn1. The van der Waals surface area contributed by atoms with Crippen LogP contribution in [0.4, 0.5) is 5.69 Å². The lowest BCUT2D eigenvalue weighted by atomic mass is 10.2. The second-order valence-corrected chi connectivity index (χ2v) is 5.03. The summed E-state index contributed by atoms with van der Waals surface area (Å²) in [5.41, 5.74) is 0.526. The molecule has 0 bridgehead atoms. The second-order valence-electron chi connectivity index (χ2n) is 4.60. The number of hydrogen-bond donors (Lipinski definition) is 1. The van der Waals surface area contributed by atoms with Crippen LogP contribution in [0.25, 0.3) is 0 Å². The predicted octanol–water partition coefficient (Wildman–Crippen LogP) is 2.93. The highest BCUT2D eigenvalue weighted by atomic mass is 35.5. The molecule has 0 saturated heterocycles. The Hall–Kier alpha value is -2.60. The normalized spacial score (nSPS) is 11.4. The molecule has 1 aromatic heterocycles. The minimum absolute atomic E-state index is 0.0365. The summed E-state index contributed by atoms with van der Waals surface area (Å²) in [5.74, 6) is -0.698. The maximum atomic E-state index is 12.1. The molecule has 0 radical (unpaired) electrons. The van der Waals surface area contributed by atoms with E-state index < -0.39 is 18.0 Å². The fourth-order valence-corrected chi connectivity index (χ4v) is 1.93. The van der Waals surface area contributed by atoms with E-state index in [0.29, 0.717) is 16.5 Å². The van der Waals surface area contributed by atoms with Crippen LogP contribution in [-0.2, 0) is 9.53 Å². The van der Waals surface area contributed by atoms with Crippen molar-refractivity contribution in [3.8, 4) is 5.75 Å². The van der Waals surface area contributed by atoms with Gasteiger partial charge in [0.2, 0.25) is 0 Å². The van der Waals surface area contributed by atoms with Crippen molar-refractivity contribution in [1.29, 1.82) is 0 Å². The van der Waals surface area contributed by atoms with Crippen molar-refractivity contribution < 1.29 is 19.1 Å². The Bertz CT molecular complexity index is 721. The van der Waals surface area contributed by atoms with E-state index in [9.17, 15) is 9.59 Å². The van der Waals surface area contributed by atoms with Gasteiger partial charge >= 0.3 is 5.97 Å². The molecule has 6 nitrogen and oxygen atoms in total. The molecule has 120 valence electrons. The van der Waals surface area contributed by atoms with E-state index >= 15 is 0 Å². The molecule has 7 heteroatoms. The van der Waals surface area contributed by atoms with Gasteiger partial charge in [-0.25, -0.2) is 9.78 Å². The molecule has 2 rings (SSSR count). The number of nitrogens with zero attached hydrogens (tertiary/aromatic N) is 1.